The quantitative estimate of drug-likeness (QED) is 0.791. The number of ether oxygens (including phenoxy) is 1. The molecule has 2 fully saturated rings. The Bertz CT molecular complexity index is 322. The molecule has 0 saturated carbocycles. The summed E-state index contributed by atoms with van der Waals surface area (Å²) in [5.74, 6) is 0.768. The summed E-state index contributed by atoms with van der Waals surface area (Å²) in [6.07, 6.45) is 6.19. The van der Waals surface area contributed by atoms with Gasteiger partial charge in [-0.2, -0.15) is 0 Å². The molecule has 4 nitrogen and oxygen atoms in total. The minimum absolute atomic E-state index is 0. The Morgan fingerprint density at radius 2 is 1.95 bits per heavy atom. The van der Waals surface area contributed by atoms with Gasteiger partial charge in [0.25, 0.3) is 0 Å². The number of methoxy groups -OCH3 is 1. The van der Waals surface area contributed by atoms with Crippen LogP contribution in [-0.4, -0.2) is 50.2 Å². The molecule has 0 amide bonds. The first-order valence-corrected chi connectivity index (χ1v) is 8.07. The second-order valence-electron chi connectivity index (χ2n) is 7.01. The molecule has 2 aliphatic heterocycles. The Kier molecular flexibility index (Phi) is 7.45. The molecule has 5 heteroatoms. The van der Waals surface area contributed by atoms with E-state index in [4.69, 9.17) is 4.74 Å². The molecule has 0 spiro atoms. The van der Waals surface area contributed by atoms with Gasteiger partial charge in [-0.05, 0) is 78.0 Å². The van der Waals surface area contributed by atoms with Gasteiger partial charge in [0.2, 0.25) is 0 Å². The Morgan fingerprint density at radius 3 is 2.48 bits per heavy atom. The van der Waals surface area contributed by atoms with E-state index in [-0.39, 0.29) is 23.8 Å². The van der Waals surface area contributed by atoms with Crippen molar-refractivity contribution < 1.29 is 9.53 Å². The highest BCUT2D eigenvalue weighted by Gasteiger charge is 2.31. The maximum atomic E-state index is 11.7. The van der Waals surface area contributed by atoms with E-state index in [0.29, 0.717) is 0 Å². The monoisotopic (exact) mass is 318 g/mol. The minimum Gasteiger partial charge on any atom is -0.469 e. The average molecular weight is 319 g/mol. The average Bonchev–Trinajstić information content (AvgIpc) is 2.99. The van der Waals surface area contributed by atoms with Crippen molar-refractivity contribution in [3.63, 3.8) is 0 Å². The van der Waals surface area contributed by atoms with Gasteiger partial charge in [0, 0.05) is 6.04 Å². The van der Waals surface area contributed by atoms with Gasteiger partial charge in [-0.25, -0.2) is 0 Å². The van der Waals surface area contributed by atoms with E-state index in [1.165, 1.54) is 52.4 Å². The molecule has 0 aromatic carbocycles. The molecule has 2 aliphatic rings. The summed E-state index contributed by atoms with van der Waals surface area (Å²) in [5, 5.41) is 3.64. The van der Waals surface area contributed by atoms with E-state index in [9.17, 15) is 4.79 Å². The number of nitrogens with zero attached hydrogens (tertiary/aromatic N) is 1. The van der Waals surface area contributed by atoms with Crippen LogP contribution in [0.3, 0.4) is 0 Å². The lowest BCUT2D eigenvalue weighted by atomic mass is 9.86. The summed E-state index contributed by atoms with van der Waals surface area (Å²) in [6.45, 7) is 8.54. The summed E-state index contributed by atoms with van der Waals surface area (Å²) >= 11 is 0. The van der Waals surface area contributed by atoms with Crippen LogP contribution in [0.15, 0.2) is 0 Å². The molecule has 0 aromatic heterocycles. The molecule has 0 aromatic rings. The lowest BCUT2D eigenvalue weighted by molar-refractivity contribution is -0.151. The minimum atomic E-state index is -0.362. The molecule has 0 radical (unpaired) electrons. The van der Waals surface area contributed by atoms with Crippen LogP contribution in [0.5, 0.6) is 0 Å². The number of piperidine rings is 1. The van der Waals surface area contributed by atoms with E-state index < -0.39 is 0 Å². The molecule has 2 rings (SSSR count). The maximum absolute atomic E-state index is 11.7. The van der Waals surface area contributed by atoms with E-state index in [1.807, 2.05) is 13.8 Å². The summed E-state index contributed by atoms with van der Waals surface area (Å²) in [4.78, 5) is 14.2. The summed E-state index contributed by atoms with van der Waals surface area (Å²) in [6, 6.07) is 0.767. The van der Waals surface area contributed by atoms with Crippen LogP contribution in [0.1, 0.15) is 46.0 Å². The summed E-state index contributed by atoms with van der Waals surface area (Å²) in [7, 11) is 1.48. The Labute approximate surface area is 135 Å². The first-order chi connectivity index (χ1) is 9.53. The smallest absolute Gasteiger partial charge is 0.311 e. The first kappa shape index (κ1) is 18.7. The van der Waals surface area contributed by atoms with Crippen molar-refractivity contribution in [1.29, 1.82) is 0 Å². The van der Waals surface area contributed by atoms with Crippen molar-refractivity contribution in [2.24, 2.45) is 11.3 Å². The standard InChI is InChI=1S/C16H30N2O2.ClH/c1-16(2,15(19)20-3)8-12-18-10-6-13(7-11-18)14-5-4-9-17-14;/h13-14,17H,4-12H2,1-3H3;1H. The molecule has 0 aliphatic carbocycles. The van der Waals surface area contributed by atoms with E-state index in [1.54, 1.807) is 0 Å². The maximum Gasteiger partial charge on any atom is 0.311 e. The van der Waals surface area contributed by atoms with Crippen molar-refractivity contribution in [3.05, 3.63) is 0 Å². The predicted octanol–water partition coefficient (Wildman–Crippen LogP) is 2.46. The Hall–Kier alpha value is -0.320. The molecule has 1 unspecified atom stereocenters. The van der Waals surface area contributed by atoms with Crippen LogP contribution >= 0.6 is 12.4 Å². The summed E-state index contributed by atoms with van der Waals surface area (Å²) in [5.41, 5.74) is -0.362. The second kappa shape index (κ2) is 8.35. The van der Waals surface area contributed by atoms with Crippen molar-refractivity contribution in [1.82, 2.24) is 10.2 Å². The van der Waals surface area contributed by atoms with Gasteiger partial charge in [-0.3, -0.25) is 4.79 Å². The first-order valence-electron chi connectivity index (χ1n) is 8.07. The molecule has 124 valence electrons. The predicted molar refractivity (Wildman–Crippen MR) is 87.9 cm³/mol. The second-order valence-corrected chi connectivity index (χ2v) is 7.01. The molecular formula is C16H31ClN2O2. The highest BCUT2D eigenvalue weighted by Crippen LogP contribution is 2.27. The van der Waals surface area contributed by atoms with Gasteiger partial charge in [0.05, 0.1) is 12.5 Å². The molecule has 2 saturated heterocycles. The Morgan fingerprint density at radius 1 is 1.29 bits per heavy atom. The fourth-order valence-electron chi connectivity index (χ4n) is 3.51. The number of hydrogen-bond acceptors (Lipinski definition) is 4. The number of likely N-dealkylation sites (tertiary alicyclic amines) is 1. The Balaban J connectivity index is 0.00000220. The number of rotatable bonds is 5. The highest BCUT2D eigenvalue weighted by atomic mass is 35.5. The molecule has 2 heterocycles. The van der Waals surface area contributed by atoms with Crippen molar-refractivity contribution in [2.45, 2.75) is 52.0 Å². The van der Waals surface area contributed by atoms with E-state index >= 15 is 0 Å². The molecule has 1 atom stereocenters. The number of nitrogens with one attached hydrogen (secondary N) is 1. The van der Waals surface area contributed by atoms with Crippen molar-refractivity contribution in [2.75, 3.05) is 33.3 Å². The van der Waals surface area contributed by atoms with Gasteiger partial charge in [0.1, 0.15) is 0 Å². The number of halogens is 1. The van der Waals surface area contributed by atoms with E-state index in [2.05, 4.69) is 10.2 Å². The molecule has 1 N–H and O–H groups in total. The fraction of sp³-hybridized carbons (Fsp3) is 0.938. The van der Waals surface area contributed by atoms with Crippen LogP contribution in [0.4, 0.5) is 0 Å². The van der Waals surface area contributed by atoms with Crippen LogP contribution in [-0.2, 0) is 9.53 Å². The number of carbonyl (C=O) groups is 1. The lowest BCUT2D eigenvalue weighted by Crippen LogP contribution is -2.42. The third kappa shape index (κ3) is 5.11. The van der Waals surface area contributed by atoms with Crippen molar-refractivity contribution in [3.8, 4) is 0 Å². The normalized spacial score (nSPS) is 24.6. The lowest BCUT2D eigenvalue weighted by Gasteiger charge is -2.36. The highest BCUT2D eigenvalue weighted by molar-refractivity contribution is 5.85. The molecule has 0 bridgehead atoms. The number of hydrogen-bond donors (Lipinski definition) is 1. The molecular weight excluding hydrogens is 288 g/mol. The fourth-order valence-corrected chi connectivity index (χ4v) is 3.51. The van der Waals surface area contributed by atoms with Crippen LogP contribution in [0.25, 0.3) is 0 Å². The van der Waals surface area contributed by atoms with Crippen LogP contribution in [0, 0.1) is 11.3 Å². The zero-order valence-corrected chi connectivity index (χ0v) is 14.5. The zero-order valence-electron chi connectivity index (χ0n) is 13.7. The van der Waals surface area contributed by atoms with Gasteiger partial charge in [-0.1, -0.05) is 0 Å². The van der Waals surface area contributed by atoms with Crippen LogP contribution in [0.2, 0.25) is 0 Å². The third-order valence-electron chi connectivity index (χ3n) is 5.09. The van der Waals surface area contributed by atoms with Crippen molar-refractivity contribution >= 4 is 18.4 Å². The number of carbonyl (C=O) groups excluding carboxylic acids is 1. The molecule has 21 heavy (non-hydrogen) atoms. The topological polar surface area (TPSA) is 41.6 Å². The van der Waals surface area contributed by atoms with Crippen LogP contribution < -0.4 is 5.32 Å². The van der Waals surface area contributed by atoms with Gasteiger partial charge in [-0.15, -0.1) is 12.4 Å². The number of esters is 1. The SMILES string of the molecule is COC(=O)C(C)(C)CCN1CCC(C2CCCN2)CC1.Cl. The zero-order chi connectivity index (χ0) is 14.6. The van der Waals surface area contributed by atoms with E-state index in [0.717, 1.165) is 24.9 Å². The third-order valence-corrected chi connectivity index (χ3v) is 5.09. The van der Waals surface area contributed by atoms with Gasteiger partial charge >= 0.3 is 5.97 Å². The van der Waals surface area contributed by atoms with Gasteiger partial charge < -0.3 is 15.0 Å². The summed E-state index contributed by atoms with van der Waals surface area (Å²) < 4.78 is 4.87. The van der Waals surface area contributed by atoms with Gasteiger partial charge in [0.15, 0.2) is 0 Å². The largest absolute Gasteiger partial charge is 0.469 e.